The van der Waals surface area contributed by atoms with Gasteiger partial charge in [0.25, 0.3) is 0 Å². The van der Waals surface area contributed by atoms with E-state index in [0.29, 0.717) is 5.92 Å². The van der Waals surface area contributed by atoms with E-state index in [-0.39, 0.29) is 18.6 Å². The van der Waals surface area contributed by atoms with Crippen LogP contribution in [0.2, 0.25) is 0 Å². The van der Waals surface area contributed by atoms with Crippen LogP contribution in [0.5, 0.6) is 0 Å². The Bertz CT molecular complexity index is 784. The predicted octanol–water partition coefficient (Wildman–Crippen LogP) is 6.10. The maximum Gasteiger partial charge on any atom is 0.0562 e. The zero-order chi connectivity index (χ0) is 21.7. The molecule has 29 heavy (non-hydrogen) atoms. The van der Waals surface area contributed by atoms with Gasteiger partial charge in [-0.2, -0.15) is 0 Å². The SMILES string of the molecule is C=C(C)C(C)(CO)c1ccc(C(CCC)c2ccc(C(C)(CC)CO)cc2)cc1. The lowest BCUT2D eigenvalue weighted by Crippen LogP contribution is -2.27. The van der Waals surface area contributed by atoms with E-state index in [1.54, 1.807) is 0 Å². The van der Waals surface area contributed by atoms with Crippen molar-refractivity contribution in [3.8, 4) is 0 Å². The lowest BCUT2D eigenvalue weighted by molar-refractivity contribution is 0.201. The minimum atomic E-state index is -0.407. The van der Waals surface area contributed by atoms with Crippen LogP contribution in [0.1, 0.15) is 82.1 Å². The second-order valence-corrected chi connectivity index (χ2v) is 8.93. The summed E-state index contributed by atoms with van der Waals surface area (Å²) in [7, 11) is 0. The van der Waals surface area contributed by atoms with Crippen LogP contribution in [0.15, 0.2) is 60.7 Å². The van der Waals surface area contributed by atoms with Crippen LogP contribution in [0.3, 0.4) is 0 Å². The fourth-order valence-corrected chi connectivity index (χ4v) is 3.90. The maximum atomic E-state index is 9.90. The molecule has 0 radical (unpaired) electrons. The molecule has 2 aromatic carbocycles. The number of aliphatic hydroxyl groups excluding tert-OH is 2. The number of rotatable bonds is 10. The van der Waals surface area contributed by atoms with E-state index in [4.69, 9.17) is 0 Å². The van der Waals surface area contributed by atoms with Crippen molar-refractivity contribution in [1.29, 1.82) is 0 Å². The van der Waals surface area contributed by atoms with E-state index < -0.39 is 5.41 Å². The smallest absolute Gasteiger partial charge is 0.0562 e. The molecule has 0 aromatic heterocycles. The van der Waals surface area contributed by atoms with E-state index in [1.807, 2.05) is 13.8 Å². The summed E-state index contributed by atoms with van der Waals surface area (Å²) in [6, 6.07) is 17.5. The van der Waals surface area contributed by atoms with Crippen molar-refractivity contribution in [3.05, 3.63) is 82.9 Å². The molecule has 3 atom stereocenters. The molecule has 0 saturated carbocycles. The number of hydrogen-bond donors (Lipinski definition) is 2. The van der Waals surface area contributed by atoms with E-state index in [9.17, 15) is 10.2 Å². The second kappa shape index (κ2) is 9.73. The van der Waals surface area contributed by atoms with Gasteiger partial charge in [-0.1, -0.05) is 87.9 Å². The normalized spacial score (nSPS) is 16.7. The molecule has 2 rings (SSSR count). The highest BCUT2D eigenvalue weighted by Crippen LogP contribution is 2.35. The first-order valence-corrected chi connectivity index (χ1v) is 10.8. The van der Waals surface area contributed by atoms with Crippen LogP contribution >= 0.6 is 0 Å². The highest BCUT2D eigenvalue weighted by Gasteiger charge is 2.27. The monoisotopic (exact) mass is 394 g/mol. The molecular weight excluding hydrogens is 356 g/mol. The fraction of sp³-hybridized carbons (Fsp3) is 0.481. The summed E-state index contributed by atoms with van der Waals surface area (Å²) in [4.78, 5) is 0. The van der Waals surface area contributed by atoms with Crippen LogP contribution < -0.4 is 0 Å². The first kappa shape index (κ1) is 23.4. The quantitative estimate of drug-likeness (QED) is 0.478. The van der Waals surface area contributed by atoms with Crippen molar-refractivity contribution in [3.63, 3.8) is 0 Å². The topological polar surface area (TPSA) is 40.5 Å². The van der Waals surface area contributed by atoms with Gasteiger partial charge in [-0.05, 0) is 48.9 Å². The van der Waals surface area contributed by atoms with E-state index in [2.05, 4.69) is 75.9 Å². The van der Waals surface area contributed by atoms with Gasteiger partial charge in [0.1, 0.15) is 0 Å². The molecule has 0 spiro atoms. The summed E-state index contributed by atoms with van der Waals surface area (Å²) in [6.07, 6.45) is 3.11. The van der Waals surface area contributed by atoms with Gasteiger partial charge in [-0.3, -0.25) is 0 Å². The molecular formula is C27H38O2. The zero-order valence-corrected chi connectivity index (χ0v) is 18.8. The van der Waals surface area contributed by atoms with Crippen LogP contribution in [0, 0.1) is 0 Å². The highest BCUT2D eigenvalue weighted by atomic mass is 16.3. The van der Waals surface area contributed by atoms with Crippen molar-refractivity contribution in [2.45, 2.75) is 70.6 Å². The minimum Gasteiger partial charge on any atom is -0.395 e. The van der Waals surface area contributed by atoms with E-state index >= 15 is 0 Å². The fourth-order valence-electron chi connectivity index (χ4n) is 3.90. The Morgan fingerprint density at radius 3 is 1.69 bits per heavy atom. The lowest BCUT2D eigenvalue weighted by Gasteiger charge is -2.29. The Morgan fingerprint density at radius 1 is 0.862 bits per heavy atom. The third-order valence-corrected chi connectivity index (χ3v) is 6.92. The number of aliphatic hydroxyl groups is 2. The largest absolute Gasteiger partial charge is 0.395 e. The van der Waals surface area contributed by atoms with Crippen LogP contribution in [-0.4, -0.2) is 23.4 Å². The Kier molecular flexibility index (Phi) is 7.85. The molecule has 2 nitrogen and oxygen atoms in total. The van der Waals surface area contributed by atoms with Gasteiger partial charge in [0.2, 0.25) is 0 Å². The Balaban J connectivity index is 2.36. The Morgan fingerprint density at radius 2 is 1.34 bits per heavy atom. The van der Waals surface area contributed by atoms with Crippen LogP contribution in [0.4, 0.5) is 0 Å². The third-order valence-electron chi connectivity index (χ3n) is 6.92. The van der Waals surface area contributed by atoms with Crippen LogP contribution in [-0.2, 0) is 10.8 Å². The summed E-state index contributed by atoms with van der Waals surface area (Å²) in [5, 5.41) is 19.7. The maximum absolute atomic E-state index is 9.90. The van der Waals surface area contributed by atoms with Gasteiger partial charge in [-0.25, -0.2) is 0 Å². The molecule has 2 heteroatoms. The van der Waals surface area contributed by atoms with Crippen molar-refractivity contribution in [1.82, 2.24) is 0 Å². The first-order valence-electron chi connectivity index (χ1n) is 10.8. The first-order chi connectivity index (χ1) is 13.8. The molecule has 0 aliphatic rings. The summed E-state index contributed by atoms with van der Waals surface area (Å²) >= 11 is 0. The van der Waals surface area contributed by atoms with Gasteiger partial charge in [0.05, 0.1) is 13.2 Å². The lowest BCUT2D eigenvalue weighted by atomic mass is 9.76. The van der Waals surface area contributed by atoms with Crippen molar-refractivity contribution in [2.75, 3.05) is 13.2 Å². The summed E-state index contributed by atoms with van der Waals surface area (Å²) in [6.45, 7) is 14.8. The Hall–Kier alpha value is -1.90. The highest BCUT2D eigenvalue weighted by molar-refractivity contribution is 5.40. The number of hydrogen-bond acceptors (Lipinski definition) is 2. The Labute approximate surface area is 177 Å². The standard InChI is InChI=1S/C27H38O2/c1-7-9-25(21-10-14-23(15-11-21)26(5,8-2)18-28)22-12-16-24(17-13-22)27(6,19-29)20(3)4/h10-17,25,28-29H,3,7-9,18-19H2,1-2,4-6H3. The van der Waals surface area contributed by atoms with Crippen molar-refractivity contribution < 1.29 is 10.2 Å². The van der Waals surface area contributed by atoms with E-state index in [0.717, 1.165) is 30.4 Å². The van der Waals surface area contributed by atoms with Crippen molar-refractivity contribution >= 4 is 0 Å². The molecule has 0 aliphatic carbocycles. The average molecular weight is 395 g/mol. The van der Waals surface area contributed by atoms with Gasteiger partial charge in [-0.15, -0.1) is 0 Å². The third kappa shape index (κ3) is 4.82. The van der Waals surface area contributed by atoms with Crippen LogP contribution in [0.25, 0.3) is 0 Å². The molecule has 0 bridgehead atoms. The predicted molar refractivity (Wildman–Crippen MR) is 124 cm³/mol. The molecule has 2 aromatic rings. The van der Waals surface area contributed by atoms with Gasteiger partial charge in [0.15, 0.2) is 0 Å². The molecule has 3 unspecified atom stereocenters. The van der Waals surface area contributed by atoms with Crippen molar-refractivity contribution in [2.24, 2.45) is 0 Å². The molecule has 158 valence electrons. The molecule has 2 N–H and O–H groups in total. The molecule has 0 saturated heterocycles. The molecule has 0 aliphatic heterocycles. The van der Waals surface area contributed by atoms with Gasteiger partial charge in [0, 0.05) is 16.7 Å². The minimum absolute atomic E-state index is 0.0581. The summed E-state index contributed by atoms with van der Waals surface area (Å²) in [5.41, 5.74) is 5.28. The average Bonchev–Trinajstić information content (AvgIpc) is 2.76. The molecule has 0 amide bonds. The van der Waals surface area contributed by atoms with Gasteiger partial charge < -0.3 is 10.2 Å². The molecule has 0 fully saturated rings. The molecule has 0 heterocycles. The van der Waals surface area contributed by atoms with E-state index in [1.165, 1.54) is 16.7 Å². The second-order valence-electron chi connectivity index (χ2n) is 8.93. The summed E-state index contributed by atoms with van der Waals surface area (Å²) < 4.78 is 0. The zero-order valence-electron chi connectivity index (χ0n) is 18.8. The number of benzene rings is 2. The summed E-state index contributed by atoms with van der Waals surface area (Å²) in [5.74, 6) is 0.343. The van der Waals surface area contributed by atoms with Gasteiger partial charge >= 0.3 is 0 Å².